The van der Waals surface area contributed by atoms with E-state index < -0.39 is 5.97 Å². The second-order valence-electron chi connectivity index (χ2n) is 5.71. The van der Waals surface area contributed by atoms with Crippen LogP contribution in [0.2, 0.25) is 0 Å². The number of anilines is 1. The number of benzene rings is 1. The molecule has 0 saturated carbocycles. The van der Waals surface area contributed by atoms with Gasteiger partial charge in [0.25, 0.3) is 5.91 Å². The first kappa shape index (κ1) is 18.0. The number of fused-ring (bicyclic) bond motifs is 1. The average Bonchev–Trinajstić information content (AvgIpc) is 3.03. The molecule has 132 valence electrons. The predicted molar refractivity (Wildman–Crippen MR) is 100 cm³/mol. The maximum absolute atomic E-state index is 12.5. The maximum Gasteiger partial charge on any atom is 0.304 e. The summed E-state index contributed by atoms with van der Waals surface area (Å²) in [5.41, 5.74) is 2.93. The lowest BCUT2D eigenvalue weighted by atomic mass is 10.2. The summed E-state index contributed by atoms with van der Waals surface area (Å²) in [6.45, 7) is 1.30. The summed E-state index contributed by atoms with van der Waals surface area (Å²) in [5.74, 6) is 0.420. The molecule has 0 radical (unpaired) electrons. The third-order valence-electron chi connectivity index (χ3n) is 3.77. The van der Waals surface area contributed by atoms with Gasteiger partial charge in [-0.2, -0.15) is 11.8 Å². The molecular weight excluding hydrogens is 358 g/mol. The van der Waals surface area contributed by atoms with Crippen LogP contribution in [0.3, 0.4) is 0 Å². The van der Waals surface area contributed by atoms with Gasteiger partial charge in [0, 0.05) is 28.5 Å². The number of rotatable bonds is 7. The minimum absolute atomic E-state index is 0.102. The van der Waals surface area contributed by atoms with Crippen LogP contribution in [0.1, 0.15) is 32.1 Å². The van der Waals surface area contributed by atoms with Crippen molar-refractivity contribution < 1.29 is 19.4 Å². The van der Waals surface area contributed by atoms with Crippen molar-refractivity contribution in [1.82, 2.24) is 0 Å². The summed E-state index contributed by atoms with van der Waals surface area (Å²) in [6, 6.07) is 9.59. The number of nitrogens with one attached hydrogen (secondary N) is 1. The van der Waals surface area contributed by atoms with Crippen molar-refractivity contribution in [3.63, 3.8) is 0 Å². The highest BCUT2D eigenvalue weighted by Gasteiger charge is 2.17. The Labute approximate surface area is 154 Å². The van der Waals surface area contributed by atoms with E-state index >= 15 is 0 Å². The molecule has 0 atom stereocenters. The molecule has 0 aliphatic carbocycles. The lowest BCUT2D eigenvalue weighted by molar-refractivity contribution is -0.136. The molecule has 1 aliphatic rings. The third kappa shape index (κ3) is 5.07. The molecule has 5 nitrogen and oxygen atoms in total. The van der Waals surface area contributed by atoms with Crippen LogP contribution < -0.4 is 5.32 Å². The fraction of sp³-hybridized carbons (Fsp3) is 0.333. The molecule has 1 amide bonds. The van der Waals surface area contributed by atoms with Crippen molar-refractivity contribution in [2.75, 3.05) is 17.7 Å². The van der Waals surface area contributed by atoms with Crippen molar-refractivity contribution in [3.8, 4) is 0 Å². The first-order valence-electron chi connectivity index (χ1n) is 8.01. The standard InChI is InChI=1S/C18H19NO4S2/c20-17(21)5-7-24-11-12-2-1-3-14(8-12)19-18(22)16-9-13-10-23-6-4-15(13)25-16/h1-3,8-9H,4-7,10-11H2,(H,19,22)(H,20,21). The fourth-order valence-electron chi connectivity index (χ4n) is 2.54. The van der Waals surface area contributed by atoms with Gasteiger partial charge in [-0.05, 0) is 29.3 Å². The van der Waals surface area contributed by atoms with Gasteiger partial charge in [0.05, 0.1) is 24.5 Å². The Morgan fingerprint density at radius 2 is 2.20 bits per heavy atom. The van der Waals surface area contributed by atoms with Gasteiger partial charge >= 0.3 is 5.97 Å². The summed E-state index contributed by atoms with van der Waals surface area (Å²) < 4.78 is 5.42. The van der Waals surface area contributed by atoms with Gasteiger partial charge < -0.3 is 15.2 Å². The van der Waals surface area contributed by atoms with E-state index in [0.717, 1.165) is 35.6 Å². The maximum atomic E-state index is 12.5. The van der Waals surface area contributed by atoms with Crippen molar-refractivity contribution in [3.05, 3.63) is 51.2 Å². The molecule has 3 rings (SSSR count). The number of ether oxygens (including phenoxy) is 1. The lowest BCUT2D eigenvalue weighted by Gasteiger charge is -2.10. The zero-order valence-electron chi connectivity index (χ0n) is 13.6. The molecule has 1 aromatic heterocycles. The molecule has 1 aromatic carbocycles. The number of carboxylic acids is 1. The predicted octanol–water partition coefficient (Wildman–Crippen LogP) is 3.78. The van der Waals surface area contributed by atoms with Crippen molar-refractivity contribution in [1.29, 1.82) is 0 Å². The SMILES string of the molecule is O=C(O)CCSCc1cccc(NC(=O)c2cc3c(s2)CCOC3)c1. The van der Waals surface area contributed by atoms with Gasteiger partial charge in [-0.25, -0.2) is 0 Å². The highest BCUT2D eigenvalue weighted by atomic mass is 32.2. The number of thiophene rings is 1. The number of thioether (sulfide) groups is 1. The first-order chi connectivity index (χ1) is 12.1. The van der Waals surface area contributed by atoms with Crippen molar-refractivity contribution in [2.24, 2.45) is 0 Å². The minimum atomic E-state index is -0.780. The number of hydrogen-bond donors (Lipinski definition) is 2. The van der Waals surface area contributed by atoms with Crippen LogP contribution >= 0.6 is 23.1 Å². The molecular formula is C18H19NO4S2. The molecule has 0 spiro atoms. The van der Waals surface area contributed by atoms with Gasteiger partial charge in [-0.15, -0.1) is 11.3 Å². The van der Waals surface area contributed by atoms with Crippen LogP contribution in [0.4, 0.5) is 5.69 Å². The molecule has 0 saturated heterocycles. The summed E-state index contributed by atoms with van der Waals surface area (Å²) >= 11 is 3.11. The zero-order chi connectivity index (χ0) is 17.6. The van der Waals surface area contributed by atoms with E-state index in [1.807, 2.05) is 30.3 Å². The number of hydrogen-bond acceptors (Lipinski definition) is 5. The monoisotopic (exact) mass is 377 g/mol. The van der Waals surface area contributed by atoms with Gasteiger partial charge in [-0.3, -0.25) is 9.59 Å². The van der Waals surface area contributed by atoms with Crippen LogP contribution in [0.5, 0.6) is 0 Å². The van der Waals surface area contributed by atoms with E-state index in [1.54, 1.807) is 11.8 Å². The van der Waals surface area contributed by atoms with Crippen LogP contribution in [-0.4, -0.2) is 29.3 Å². The van der Waals surface area contributed by atoms with Gasteiger partial charge in [0.15, 0.2) is 0 Å². The molecule has 2 N–H and O–H groups in total. The number of carbonyl (C=O) groups excluding carboxylic acids is 1. The van der Waals surface area contributed by atoms with E-state index in [9.17, 15) is 9.59 Å². The number of aliphatic carboxylic acids is 1. The largest absolute Gasteiger partial charge is 0.481 e. The molecule has 1 aliphatic heterocycles. The second kappa shape index (κ2) is 8.51. The van der Waals surface area contributed by atoms with Crippen LogP contribution in [0.25, 0.3) is 0 Å². The highest BCUT2D eigenvalue weighted by Crippen LogP contribution is 2.27. The molecule has 0 bridgehead atoms. The Kier molecular flexibility index (Phi) is 6.12. The summed E-state index contributed by atoms with van der Waals surface area (Å²) in [4.78, 5) is 24.9. The molecule has 25 heavy (non-hydrogen) atoms. The van der Waals surface area contributed by atoms with Crippen molar-refractivity contribution in [2.45, 2.75) is 25.2 Å². The number of carboxylic acid groups (broad SMARTS) is 1. The molecule has 2 aromatic rings. The third-order valence-corrected chi connectivity index (χ3v) is 6.03. The Bertz CT molecular complexity index is 749. The second-order valence-corrected chi connectivity index (χ2v) is 7.95. The molecule has 2 heterocycles. The Morgan fingerprint density at radius 3 is 3.00 bits per heavy atom. The van der Waals surface area contributed by atoms with Gasteiger partial charge in [-0.1, -0.05) is 12.1 Å². The van der Waals surface area contributed by atoms with Crippen LogP contribution in [0, 0.1) is 0 Å². The van der Waals surface area contributed by atoms with Gasteiger partial charge in [0.2, 0.25) is 0 Å². The van der Waals surface area contributed by atoms with E-state index in [0.29, 0.717) is 17.2 Å². The Hall–Kier alpha value is -1.83. The zero-order valence-corrected chi connectivity index (χ0v) is 15.3. The van der Waals surface area contributed by atoms with Crippen LogP contribution in [-0.2, 0) is 28.3 Å². The fourth-order valence-corrected chi connectivity index (χ4v) is 4.46. The summed E-state index contributed by atoms with van der Waals surface area (Å²) in [5, 5.41) is 11.6. The average molecular weight is 377 g/mol. The molecule has 7 heteroatoms. The molecule has 0 fully saturated rings. The number of amides is 1. The Morgan fingerprint density at radius 1 is 1.32 bits per heavy atom. The summed E-state index contributed by atoms with van der Waals surface area (Å²) in [7, 11) is 0. The molecule has 0 unspecified atom stereocenters. The summed E-state index contributed by atoms with van der Waals surface area (Å²) in [6.07, 6.45) is 1.03. The van der Waals surface area contributed by atoms with E-state index in [1.165, 1.54) is 16.2 Å². The lowest BCUT2D eigenvalue weighted by Crippen LogP contribution is -2.10. The minimum Gasteiger partial charge on any atom is -0.481 e. The quantitative estimate of drug-likeness (QED) is 0.718. The number of carbonyl (C=O) groups is 2. The van der Waals surface area contributed by atoms with Gasteiger partial charge in [0.1, 0.15) is 0 Å². The first-order valence-corrected chi connectivity index (χ1v) is 9.98. The topological polar surface area (TPSA) is 75.6 Å². The van der Waals surface area contributed by atoms with E-state index in [4.69, 9.17) is 9.84 Å². The highest BCUT2D eigenvalue weighted by molar-refractivity contribution is 7.98. The van der Waals surface area contributed by atoms with E-state index in [2.05, 4.69) is 5.32 Å². The van der Waals surface area contributed by atoms with Crippen LogP contribution in [0.15, 0.2) is 30.3 Å². The van der Waals surface area contributed by atoms with E-state index in [-0.39, 0.29) is 12.3 Å². The van der Waals surface area contributed by atoms with Crippen molar-refractivity contribution >= 4 is 40.7 Å². The Balaban J connectivity index is 1.58. The normalized spacial score (nSPS) is 13.3. The smallest absolute Gasteiger partial charge is 0.304 e.